The number of hydrogen-bond acceptors (Lipinski definition) is 5. The number of halogens is 2. The highest BCUT2D eigenvalue weighted by Gasteiger charge is 2.46. The molecule has 1 amide bonds. The third-order valence-corrected chi connectivity index (χ3v) is 7.24. The molecule has 1 aliphatic rings. The first-order chi connectivity index (χ1) is 18.9. The Balaban J connectivity index is 0.00000205. The number of amides is 1. The molecular formula is C30H36Cl2N3O4+. The minimum Gasteiger partial charge on any atom is -0.508 e. The van der Waals surface area contributed by atoms with Gasteiger partial charge in [0.05, 0.1) is 0 Å². The maximum atomic E-state index is 13.2. The average Bonchev–Trinajstić information content (AvgIpc) is 2.96. The minimum absolute atomic E-state index is 0.163. The summed E-state index contributed by atoms with van der Waals surface area (Å²) in [4.78, 5) is 27.8. The van der Waals surface area contributed by atoms with Crippen LogP contribution in [0.5, 0.6) is 5.75 Å². The van der Waals surface area contributed by atoms with Crippen molar-refractivity contribution in [3.63, 3.8) is 0 Å². The van der Waals surface area contributed by atoms with Crippen LogP contribution in [0.1, 0.15) is 47.2 Å². The summed E-state index contributed by atoms with van der Waals surface area (Å²) in [5.74, 6) is 0.215. The Kier molecular flexibility index (Phi) is 11.7. The van der Waals surface area contributed by atoms with Crippen molar-refractivity contribution in [2.75, 3.05) is 26.7 Å². The summed E-state index contributed by atoms with van der Waals surface area (Å²) in [5, 5.41) is 12.9. The lowest BCUT2D eigenvalue weighted by Gasteiger charge is -2.43. The maximum absolute atomic E-state index is 13.2. The van der Waals surface area contributed by atoms with Crippen LogP contribution in [0.4, 0.5) is 0 Å². The van der Waals surface area contributed by atoms with Gasteiger partial charge in [-0.2, -0.15) is 4.57 Å². The second-order valence-electron chi connectivity index (χ2n) is 9.41. The van der Waals surface area contributed by atoms with Crippen molar-refractivity contribution in [3.05, 3.63) is 94.8 Å². The lowest BCUT2D eigenvalue weighted by Crippen LogP contribution is -2.53. The third kappa shape index (κ3) is 7.79. The molecule has 0 saturated heterocycles. The number of ketones is 1. The second kappa shape index (κ2) is 15.0. The van der Waals surface area contributed by atoms with Crippen molar-refractivity contribution in [3.8, 4) is 5.75 Å². The number of phenols is 1. The second-order valence-corrected chi connectivity index (χ2v) is 9.82. The highest BCUT2D eigenvalue weighted by molar-refractivity contribution is 6.31. The summed E-state index contributed by atoms with van der Waals surface area (Å²) in [6.45, 7) is 0.941. The number of aromatic nitrogens is 1. The summed E-state index contributed by atoms with van der Waals surface area (Å²) >= 11 is 11.2. The van der Waals surface area contributed by atoms with E-state index < -0.39 is 5.54 Å². The first-order valence-electron chi connectivity index (χ1n) is 12.9. The molecule has 0 aliphatic heterocycles. The number of nitrogens with one attached hydrogen (secondary N) is 1. The topological polar surface area (TPSA) is 82.8 Å². The standard InChI is InChI=1S/C29H32ClN3O4.CH3Cl/c1-32(29(16-5-4-10-27(29)35)25-8-2-3-9-26(25)30)20-37-21-33-18-6-7-23(19-33)28(36)31-17-15-22-11-13-24(34)14-12-22;1-2/h2-3,6-9,11-14,18-19H,4-5,10,15-17,20-21H2,1H3,(H-,31,34,36);1H3/p+1. The summed E-state index contributed by atoms with van der Waals surface area (Å²) in [6, 6.07) is 18.0. The molecule has 7 nitrogen and oxygen atoms in total. The van der Waals surface area contributed by atoms with E-state index in [-0.39, 0.29) is 30.9 Å². The molecule has 39 heavy (non-hydrogen) atoms. The summed E-state index contributed by atoms with van der Waals surface area (Å²) in [6.07, 6.45) is 8.77. The van der Waals surface area contributed by atoms with Crippen LogP contribution in [0.15, 0.2) is 73.1 Å². The van der Waals surface area contributed by atoms with E-state index in [1.165, 1.54) is 6.38 Å². The van der Waals surface area contributed by atoms with Gasteiger partial charge in [0.2, 0.25) is 0 Å². The van der Waals surface area contributed by atoms with Crippen LogP contribution in [0, 0.1) is 0 Å². The van der Waals surface area contributed by atoms with Crippen molar-refractivity contribution >= 4 is 34.9 Å². The van der Waals surface area contributed by atoms with E-state index in [1.807, 2.05) is 54.5 Å². The fraction of sp³-hybridized carbons (Fsp3) is 0.367. The molecule has 2 N–H and O–H groups in total. The van der Waals surface area contributed by atoms with Crippen LogP contribution >= 0.6 is 23.2 Å². The monoisotopic (exact) mass is 572 g/mol. The number of pyridine rings is 1. The zero-order chi connectivity index (χ0) is 28.3. The first-order valence-corrected chi connectivity index (χ1v) is 14.0. The quantitative estimate of drug-likeness (QED) is 0.201. The number of ether oxygens (including phenoxy) is 1. The van der Waals surface area contributed by atoms with Gasteiger partial charge in [0, 0.05) is 30.4 Å². The highest BCUT2D eigenvalue weighted by Crippen LogP contribution is 2.42. The minimum atomic E-state index is -0.805. The summed E-state index contributed by atoms with van der Waals surface area (Å²) < 4.78 is 7.79. The number of hydrogen-bond donors (Lipinski definition) is 2. The molecule has 1 aromatic heterocycles. The van der Waals surface area contributed by atoms with Crippen molar-refractivity contribution in [1.82, 2.24) is 10.2 Å². The largest absolute Gasteiger partial charge is 0.508 e. The van der Waals surface area contributed by atoms with Crippen molar-refractivity contribution in [2.45, 2.75) is 44.4 Å². The fourth-order valence-corrected chi connectivity index (χ4v) is 5.21. The van der Waals surface area contributed by atoms with Crippen LogP contribution in [-0.2, 0) is 28.2 Å². The Labute approximate surface area is 240 Å². The van der Waals surface area contributed by atoms with Gasteiger partial charge in [0.25, 0.3) is 12.6 Å². The van der Waals surface area contributed by atoms with Crippen molar-refractivity contribution in [2.24, 2.45) is 0 Å². The normalized spacial score (nSPS) is 16.9. The van der Waals surface area contributed by atoms with E-state index in [0.717, 1.165) is 24.0 Å². The number of nitrogens with zero attached hydrogens (tertiary/aromatic N) is 2. The van der Waals surface area contributed by atoms with Crippen LogP contribution in [0.3, 0.4) is 0 Å². The summed E-state index contributed by atoms with van der Waals surface area (Å²) in [5.41, 5.74) is 1.58. The smallest absolute Gasteiger partial charge is 0.257 e. The predicted octanol–water partition coefficient (Wildman–Crippen LogP) is 5.06. The first kappa shape index (κ1) is 30.6. The number of carbonyl (C=O) groups excluding carboxylic acids is 2. The van der Waals surface area contributed by atoms with E-state index >= 15 is 0 Å². The van der Waals surface area contributed by atoms with Crippen LogP contribution in [0.2, 0.25) is 5.02 Å². The number of aromatic hydroxyl groups is 1. The van der Waals surface area contributed by atoms with Gasteiger partial charge in [-0.15, -0.1) is 11.6 Å². The molecule has 1 heterocycles. The number of Topliss-reactive ketones (excluding diaryl/α,β-unsaturated/α-hetero) is 1. The maximum Gasteiger partial charge on any atom is 0.257 e. The van der Waals surface area contributed by atoms with Crippen LogP contribution in [-0.4, -0.2) is 48.4 Å². The molecule has 208 valence electrons. The molecule has 4 rings (SSSR count). The molecule has 1 atom stereocenters. The molecule has 9 heteroatoms. The van der Waals surface area contributed by atoms with E-state index in [2.05, 4.69) is 16.9 Å². The molecule has 1 unspecified atom stereocenters. The van der Waals surface area contributed by atoms with Gasteiger partial charge in [-0.25, -0.2) is 0 Å². The van der Waals surface area contributed by atoms with E-state index in [4.69, 9.17) is 16.3 Å². The number of likely N-dealkylation sites (N-methyl/N-ethyl adjacent to an activating group) is 1. The number of benzene rings is 2. The molecule has 0 spiro atoms. The summed E-state index contributed by atoms with van der Waals surface area (Å²) in [7, 11) is 1.90. The zero-order valence-corrected chi connectivity index (χ0v) is 23.9. The average molecular weight is 574 g/mol. The van der Waals surface area contributed by atoms with E-state index in [1.54, 1.807) is 35.0 Å². The predicted molar refractivity (Wildman–Crippen MR) is 153 cm³/mol. The molecule has 1 aliphatic carbocycles. The number of carbonyl (C=O) groups is 2. The zero-order valence-electron chi connectivity index (χ0n) is 22.4. The lowest BCUT2D eigenvalue weighted by atomic mass is 9.74. The van der Waals surface area contributed by atoms with E-state index in [9.17, 15) is 14.7 Å². The van der Waals surface area contributed by atoms with Gasteiger partial charge in [-0.1, -0.05) is 48.4 Å². The van der Waals surface area contributed by atoms with Gasteiger partial charge >= 0.3 is 0 Å². The highest BCUT2D eigenvalue weighted by atomic mass is 35.5. The molecule has 2 aromatic carbocycles. The SMILES string of the molecule is CCl.CN(COC[n+]1cccc(C(=O)NCCc2ccc(O)cc2)c1)C1(c2ccccc2Cl)CCCCC1=O. The van der Waals surface area contributed by atoms with Gasteiger partial charge in [0.15, 0.2) is 18.2 Å². The molecule has 3 aromatic rings. The third-order valence-electron chi connectivity index (χ3n) is 6.91. The number of alkyl halides is 1. The Morgan fingerprint density at radius 1 is 1.10 bits per heavy atom. The molecular weight excluding hydrogens is 537 g/mol. The van der Waals surface area contributed by atoms with Crippen LogP contribution in [0.25, 0.3) is 0 Å². The molecule has 0 bridgehead atoms. The number of phenolic OH excluding ortho intramolecular Hbond substituents is 1. The Morgan fingerprint density at radius 2 is 1.85 bits per heavy atom. The Hall–Kier alpha value is -2.97. The Bertz CT molecular complexity index is 1240. The van der Waals surface area contributed by atoms with Gasteiger partial charge < -0.3 is 15.2 Å². The van der Waals surface area contributed by atoms with Gasteiger partial charge in [-0.05, 0) is 61.7 Å². The van der Waals surface area contributed by atoms with Crippen molar-refractivity contribution < 1.29 is 24.0 Å². The number of rotatable bonds is 10. The van der Waals surface area contributed by atoms with Gasteiger partial charge in [0.1, 0.15) is 23.6 Å². The van der Waals surface area contributed by atoms with Crippen molar-refractivity contribution in [1.29, 1.82) is 0 Å². The van der Waals surface area contributed by atoms with Crippen LogP contribution < -0.4 is 9.88 Å². The molecule has 1 fully saturated rings. The molecule has 0 radical (unpaired) electrons. The molecule has 1 saturated carbocycles. The van der Waals surface area contributed by atoms with E-state index in [0.29, 0.717) is 36.4 Å². The fourth-order valence-electron chi connectivity index (χ4n) is 4.92. The van der Waals surface area contributed by atoms with Gasteiger partial charge in [-0.3, -0.25) is 14.5 Å². The lowest BCUT2D eigenvalue weighted by molar-refractivity contribution is -0.733. The Morgan fingerprint density at radius 3 is 2.56 bits per heavy atom.